The summed E-state index contributed by atoms with van der Waals surface area (Å²) in [6.45, 7) is 10.6. The van der Waals surface area contributed by atoms with E-state index in [0.29, 0.717) is 5.70 Å². The maximum atomic E-state index is 5.78. The first-order valence-corrected chi connectivity index (χ1v) is 5.23. The van der Waals surface area contributed by atoms with Crippen LogP contribution < -0.4 is 11.5 Å². The molecule has 0 aliphatic heterocycles. The highest BCUT2D eigenvalue weighted by atomic mass is 14.6. The van der Waals surface area contributed by atoms with Crippen LogP contribution in [0.1, 0.15) is 27.2 Å². The standard InChI is InChI=1S/C13H20N2/c1-5-13(4)9(2)6-11(7-10(13)3)12(15)8-14/h6-8H,2,5,14-15H2,1,3-4H3/b12-8-. The van der Waals surface area contributed by atoms with Crippen LogP contribution in [0.15, 0.2) is 47.3 Å². The van der Waals surface area contributed by atoms with E-state index in [1.54, 1.807) is 0 Å². The summed E-state index contributed by atoms with van der Waals surface area (Å²) in [5.41, 5.74) is 15.2. The largest absolute Gasteiger partial charge is 0.403 e. The molecule has 2 nitrogen and oxygen atoms in total. The first-order chi connectivity index (χ1) is 6.95. The predicted molar refractivity (Wildman–Crippen MR) is 65.8 cm³/mol. The Morgan fingerprint density at radius 2 is 2.13 bits per heavy atom. The van der Waals surface area contributed by atoms with Gasteiger partial charge in [0.05, 0.1) is 5.70 Å². The molecule has 0 aromatic carbocycles. The quantitative estimate of drug-likeness (QED) is 0.726. The minimum atomic E-state index is 0.0678. The number of rotatable bonds is 2. The molecule has 4 N–H and O–H groups in total. The van der Waals surface area contributed by atoms with Gasteiger partial charge in [-0.05, 0) is 30.6 Å². The smallest absolute Gasteiger partial charge is 0.0545 e. The lowest BCUT2D eigenvalue weighted by atomic mass is 9.70. The van der Waals surface area contributed by atoms with Crippen molar-refractivity contribution >= 4 is 0 Å². The fraction of sp³-hybridized carbons (Fsp3) is 0.385. The van der Waals surface area contributed by atoms with E-state index in [1.165, 1.54) is 11.8 Å². The van der Waals surface area contributed by atoms with Gasteiger partial charge in [0, 0.05) is 11.6 Å². The molecule has 0 saturated carbocycles. The van der Waals surface area contributed by atoms with Crippen LogP contribution in [-0.4, -0.2) is 0 Å². The van der Waals surface area contributed by atoms with E-state index >= 15 is 0 Å². The topological polar surface area (TPSA) is 52.0 Å². The van der Waals surface area contributed by atoms with Crippen molar-refractivity contribution in [3.63, 3.8) is 0 Å². The minimum absolute atomic E-state index is 0.0678. The summed E-state index contributed by atoms with van der Waals surface area (Å²) >= 11 is 0. The first kappa shape index (κ1) is 11.6. The average molecular weight is 204 g/mol. The molecular weight excluding hydrogens is 184 g/mol. The summed E-state index contributed by atoms with van der Waals surface area (Å²) in [4.78, 5) is 0. The summed E-state index contributed by atoms with van der Waals surface area (Å²) in [7, 11) is 0. The Morgan fingerprint density at radius 3 is 2.53 bits per heavy atom. The summed E-state index contributed by atoms with van der Waals surface area (Å²) in [6.07, 6.45) is 6.59. The zero-order chi connectivity index (χ0) is 11.6. The molecule has 82 valence electrons. The second kappa shape index (κ2) is 3.97. The van der Waals surface area contributed by atoms with Gasteiger partial charge in [-0.1, -0.05) is 32.1 Å². The Labute approximate surface area is 92.0 Å². The Balaban J connectivity index is 3.16. The van der Waals surface area contributed by atoms with Gasteiger partial charge in [-0.2, -0.15) is 0 Å². The van der Waals surface area contributed by atoms with Gasteiger partial charge in [0.15, 0.2) is 0 Å². The normalized spacial score (nSPS) is 27.4. The third kappa shape index (κ3) is 1.84. The van der Waals surface area contributed by atoms with Gasteiger partial charge in [0.2, 0.25) is 0 Å². The molecule has 15 heavy (non-hydrogen) atoms. The summed E-state index contributed by atoms with van der Waals surface area (Å²) in [5, 5.41) is 0. The van der Waals surface area contributed by atoms with Crippen molar-refractivity contribution < 1.29 is 0 Å². The molecular formula is C13H20N2. The molecule has 0 bridgehead atoms. The zero-order valence-electron chi connectivity index (χ0n) is 9.80. The highest BCUT2D eigenvalue weighted by Gasteiger charge is 2.29. The van der Waals surface area contributed by atoms with Crippen LogP contribution in [0.5, 0.6) is 0 Å². The molecule has 0 amide bonds. The van der Waals surface area contributed by atoms with E-state index in [0.717, 1.165) is 17.6 Å². The van der Waals surface area contributed by atoms with Crippen LogP contribution in [0, 0.1) is 5.41 Å². The first-order valence-electron chi connectivity index (χ1n) is 5.23. The Kier molecular flexibility index (Phi) is 3.08. The molecule has 2 heteroatoms. The molecule has 0 fully saturated rings. The molecule has 1 atom stereocenters. The summed E-state index contributed by atoms with van der Waals surface area (Å²) in [5.74, 6) is 0. The average Bonchev–Trinajstić information content (AvgIpc) is 2.23. The molecule has 0 saturated heterocycles. The van der Waals surface area contributed by atoms with Crippen LogP contribution in [0.2, 0.25) is 0 Å². The van der Waals surface area contributed by atoms with E-state index in [2.05, 4.69) is 33.4 Å². The maximum Gasteiger partial charge on any atom is 0.0545 e. The lowest BCUT2D eigenvalue weighted by molar-refractivity contribution is 0.468. The van der Waals surface area contributed by atoms with Crippen LogP contribution in [0.4, 0.5) is 0 Å². The molecule has 1 unspecified atom stereocenters. The number of hydrogen-bond acceptors (Lipinski definition) is 2. The third-order valence-electron chi connectivity index (χ3n) is 3.50. The molecule has 0 aromatic rings. The maximum absolute atomic E-state index is 5.78. The highest BCUT2D eigenvalue weighted by Crippen LogP contribution is 2.42. The Bertz CT molecular complexity index is 372. The molecule has 0 aromatic heterocycles. The number of nitrogens with two attached hydrogens (primary N) is 2. The van der Waals surface area contributed by atoms with E-state index in [-0.39, 0.29) is 5.41 Å². The molecule has 1 rings (SSSR count). The van der Waals surface area contributed by atoms with Gasteiger partial charge in [0.1, 0.15) is 0 Å². The predicted octanol–water partition coefficient (Wildman–Crippen LogP) is 2.60. The Hall–Kier alpha value is -1.44. The van der Waals surface area contributed by atoms with E-state index in [4.69, 9.17) is 11.5 Å². The highest BCUT2D eigenvalue weighted by molar-refractivity contribution is 5.52. The van der Waals surface area contributed by atoms with Crippen molar-refractivity contribution in [2.24, 2.45) is 16.9 Å². The lowest BCUT2D eigenvalue weighted by Gasteiger charge is -2.34. The number of hydrogen-bond donors (Lipinski definition) is 2. The van der Waals surface area contributed by atoms with Crippen molar-refractivity contribution in [1.29, 1.82) is 0 Å². The Morgan fingerprint density at radius 1 is 1.53 bits per heavy atom. The van der Waals surface area contributed by atoms with Crippen LogP contribution in [0.3, 0.4) is 0 Å². The van der Waals surface area contributed by atoms with Gasteiger partial charge in [0.25, 0.3) is 0 Å². The molecule has 0 spiro atoms. The van der Waals surface area contributed by atoms with Crippen LogP contribution in [-0.2, 0) is 0 Å². The summed E-state index contributed by atoms with van der Waals surface area (Å²) in [6, 6.07) is 0. The van der Waals surface area contributed by atoms with Crippen molar-refractivity contribution in [3.8, 4) is 0 Å². The molecule has 0 radical (unpaired) electrons. The van der Waals surface area contributed by atoms with Gasteiger partial charge in [-0.3, -0.25) is 0 Å². The molecule has 1 aliphatic rings. The second-order valence-corrected chi connectivity index (χ2v) is 4.26. The van der Waals surface area contributed by atoms with Gasteiger partial charge in [-0.25, -0.2) is 0 Å². The van der Waals surface area contributed by atoms with Crippen LogP contribution >= 0.6 is 0 Å². The van der Waals surface area contributed by atoms with Crippen molar-refractivity contribution in [3.05, 3.63) is 47.3 Å². The minimum Gasteiger partial charge on any atom is -0.403 e. The van der Waals surface area contributed by atoms with E-state index in [9.17, 15) is 0 Å². The fourth-order valence-electron chi connectivity index (χ4n) is 1.80. The van der Waals surface area contributed by atoms with Crippen molar-refractivity contribution in [1.82, 2.24) is 0 Å². The SMILES string of the molecule is C=C1C=C(/C(N)=C/N)C=C(C)C1(C)CC. The third-order valence-corrected chi connectivity index (χ3v) is 3.50. The lowest BCUT2D eigenvalue weighted by Crippen LogP contribution is -2.22. The van der Waals surface area contributed by atoms with Gasteiger partial charge >= 0.3 is 0 Å². The zero-order valence-corrected chi connectivity index (χ0v) is 9.80. The van der Waals surface area contributed by atoms with Gasteiger partial charge < -0.3 is 11.5 Å². The molecule has 0 heterocycles. The summed E-state index contributed by atoms with van der Waals surface area (Å²) < 4.78 is 0. The van der Waals surface area contributed by atoms with Crippen molar-refractivity contribution in [2.75, 3.05) is 0 Å². The van der Waals surface area contributed by atoms with Crippen LogP contribution in [0.25, 0.3) is 0 Å². The number of allylic oxidation sites excluding steroid dienone is 4. The molecule has 1 aliphatic carbocycles. The van der Waals surface area contributed by atoms with Crippen molar-refractivity contribution in [2.45, 2.75) is 27.2 Å². The van der Waals surface area contributed by atoms with Gasteiger partial charge in [-0.15, -0.1) is 0 Å². The second-order valence-electron chi connectivity index (χ2n) is 4.26. The fourth-order valence-corrected chi connectivity index (χ4v) is 1.80. The van der Waals surface area contributed by atoms with E-state index < -0.39 is 0 Å². The monoisotopic (exact) mass is 204 g/mol. The van der Waals surface area contributed by atoms with E-state index in [1.807, 2.05) is 6.08 Å².